The van der Waals surface area contributed by atoms with Gasteiger partial charge in [-0.3, -0.25) is 4.79 Å². The van der Waals surface area contributed by atoms with Crippen LogP contribution in [-0.2, 0) is 4.79 Å². The number of carbonyl (C=O) groups is 1. The summed E-state index contributed by atoms with van der Waals surface area (Å²) in [7, 11) is 0. The number of rotatable bonds is 4. The first-order valence-corrected chi connectivity index (χ1v) is 9.64. The maximum atomic E-state index is 12.8. The molecular weight excluding hydrogens is 389 g/mol. The lowest BCUT2D eigenvalue weighted by molar-refractivity contribution is -0.134. The summed E-state index contributed by atoms with van der Waals surface area (Å²) in [4.78, 5) is 14.6. The van der Waals surface area contributed by atoms with E-state index in [2.05, 4.69) is 0 Å². The summed E-state index contributed by atoms with van der Waals surface area (Å²) < 4.78 is 16.9. The molecule has 1 atom stereocenters. The van der Waals surface area contributed by atoms with E-state index in [1.807, 2.05) is 23.1 Å². The zero-order chi connectivity index (χ0) is 18.8. The van der Waals surface area contributed by atoms with Crippen LogP contribution in [0.3, 0.4) is 0 Å². The van der Waals surface area contributed by atoms with E-state index < -0.39 is 0 Å². The molecule has 0 bridgehead atoms. The van der Waals surface area contributed by atoms with Gasteiger partial charge in [-0.05, 0) is 42.7 Å². The third kappa shape index (κ3) is 3.94. The lowest BCUT2D eigenvalue weighted by Crippen LogP contribution is -2.34. The number of likely N-dealkylation sites (tertiary alicyclic amines) is 1. The van der Waals surface area contributed by atoms with E-state index in [0.29, 0.717) is 35.6 Å². The molecule has 5 nitrogen and oxygen atoms in total. The second-order valence-corrected chi connectivity index (χ2v) is 7.36. The number of halogens is 2. The van der Waals surface area contributed by atoms with Gasteiger partial charge in [0.1, 0.15) is 19.0 Å². The van der Waals surface area contributed by atoms with Crippen LogP contribution in [-0.4, -0.2) is 37.2 Å². The highest BCUT2D eigenvalue weighted by Gasteiger charge is 2.31. The zero-order valence-electron chi connectivity index (χ0n) is 14.6. The van der Waals surface area contributed by atoms with Gasteiger partial charge in [0.25, 0.3) is 5.91 Å². The molecule has 0 saturated carbocycles. The first kappa shape index (κ1) is 18.3. The Bertz CT molecular complexity index is 858. The quantitative estimate of drug-likeness (QED) is 0.747. The largest absolute Gasteiger partial charge is 0.486 e. The molecule has 2 aromatic rings. The van der Waals surface area contributed by atoms with Crippen LogP contribution in [0.5, 0.6) is 17.2 Å². The first-order chi connectivity index (χ1) is 13.1. The molecule has 4 rings (SSSR count). The van der Waals surface area contributed by atoms with E-state index in [1.165, 1.54) is 0 Å². The van der Waals surface area contributed by atoms with Gasteiger partial charge in [0, 0.05) is 17.6 Å². The minimum absolute atomic E-state index is 0.00626. The average Bonchev–Trinajstić information content (AvgIpc) is 3.18. The molecule has 1 amide bonds. The Morgan fingerprint density at radius 1 is 1.11 bits per heavy atom. The summed E-state index contributed by atoms with van der Waals surface area (Å²) in [5.74, 6) is 1.82. The summed E-state index contributed by atoms with van der Waals surface area (Å²) in [6.07, 6.45) is 1.85. The highest BCUT2D eigenvalue weighted by molar-refractivity contribution is 6.34. The van der Waals surface area contributed by atoms with Crippen LogP contribution < -0.4 is 14.2 Å². The smallest absolute Gasteiger partial charge is 0.261 e. The maximum Gasteiger partial charge on any atom is 0.261 e. The van der Waals surface area contributed by atoms with Crippen molar-refractivity contribution in [1.29, 1.82) is 0 Å². The Hall–Kier alpha value is -2.11. The molecule has 0 spiro atoms. The van der Waals surface area contributed by atoms with Crippen molar-refractivity contribution in [3.63, 3.8) is 0 Å². The molecule has 1 saturated heterocycles. The number of fused-ring (bicyclic) bond motifs is 1. The topological polar surface area (TPSA) is 48.0 Å². The van der Waals surface area contributed by atoms with Crippen LogP contribution in [0.25, 0.3) is 0 Å². The SMILES string of the molecule is O=C(COc1cc(Cl)ccc1Cl)N1CCCC1c1ccc2c(c1)OCCO2. The summed E-state index contributed by atoms with van der Waals surface area (Å²) in [5, 5.41) is 0.939. The summed E-state index contributed by atoms with van der Waals surface area (Å²) in [5.41, 5.74) is 1.05. The molecule has 2 aromatic carbocycles. The van der Waals surface area contributed by atoms with Crippen LogP contribution in [0.4, 0.5) is 0 Å². The van der Waals surface area contributed by atoms with Crippen LogP contribution >= 0.6 is 23.2 Å². The van der Waals surface area contributed by atoms with Crippen molar-refractivity contribution in [2.45, 2.75) is 18.9 Å². The fourth-order valence-electron chi connectivity index (χ4n) is 3.49. The summed E-state index contributed by atoms with van der Waals surface area (Å²) >= 11 is 12.1. The van der Waals surface area contributed by atoms with Crippen molar-refractivity contribution in [2.24, 2.45) is 0 Å². The standard InChI is InChI=1S/C20H19Cl2NO4/c21-14-4-5-15(22)18(11-14)27-12-20(24)23-7-1-2-16(23)13-3-6-17-19(10-13)26-9-8-25-17/h3-6,10-11,16H,1-2,7-9,12H2. The van der Waals surface area contributed by atoms with Crippen molar-refractivity contribution < 1.29 is 19.0 Å². The van der Waals surface area contributed by atoms with E-state index in [0.717, 1.165) is 29.9 Å². The fraction of sp³-hybridized carbons (Fsp3) is 0.350. The lowest BCUT2D eigenvalue weighted by Gasteiger charge is -2.26. The highest BCUT2D eigenvalue weighted by Crippen LogP contribution is 2.38. The van der Waals surface area contributed by atoms with Gasteiger partial charge < -0.3 is 19.1 Å². The maximum absolute atomic E-state index is 12.8. The normalized spacial score (nSPS) is 18.4. The molecule has 0 aliphatic carbocycles. The van der Waals surface area contributed by atoms with Crippen molar-refractivity contribution in [3.8, 4) is 17.2 Å². The van der Waals surface area contributed by atoms with Crippen LogP contribution in [0, 0.1) is 0 Å². The van der Waals surface area contributed by atoms with Gasteiger partial charge in [-0.2, -0.15) is 0 Å². The molecule has 0 aromatic heterocycles. The molecular formula is C20H19Cl2NO4. The molecule has 142 valence electrons. The van der Waals surface area contributed by atoms with Crippen LogP contribution in [0.2, 0.25) is 10.0 Å². The monoisotopic (exact) mass is 407 g/mol. The van der Waals surface area contributed by atoms with Crippen molar-refractivity contribution >= 4 is 29.1 Å². The van der Waals surface area contributed by atoms with Gasteiger partial charge in [-0.25, -0.2) is 0 Å². The number of hydrogen-bond donors (Lipinski definition) is 0. The molecule has 1 fully saturated rings. The van der Waals surface area contributed by atoms with Crippen LogP contribution in [0.15, 0.2) is 36.4 Å². The predicted molar refractivity (Wildman–Crippen MR) is 103 cm³/mol. The molecule has 0 N–H and O–H groups in total. The molecule has 2 heterocycles. The Labute approximate surface area is 167 Å². The molecule has 2 aliphatic rings. The number of benzene rings is 2. The molecule has 7 heteroatoms. The third-order valence-electron chi connectivity index (χ3n) is 4.77. The number of carbonyl (C=O) groups excluding carboxylic acids is 1. The van der Waals surface area contributed by atoms with Gasteiger partial charge in [-0.15, -0.1) is 0 Å². The predicted octanol–water partition coefficient (Wildman–Crippen LogP) is 4.51. The van der Waals surface area contributed by atoms with E-state index in [1.54, 1.807) is 18.2 Å². The lowest BCUT2D eigenvalue weighted by atomic mass is 10.0. The Kier molecular flexibility index (Phi) is 5.32. The van der Waals surface area contributed by atoms with Gasteiger partial charge in [0.05, 0.1) is 11.1 Å². The molecule has 27 heavy (non-hydrogen) atoms. The number of nitrogens with zero attached hydrogens (tertiary/aromatic N) is 1. The van der Waals surface area contributed by atoms with Gasteiger partial charge in [0.15, 0.2) is 18.1 Å². The Morgan fingerprint density at radius 3 is 2.78 bits per heavy atom. The minimum Gasteiger partial charge on any atom is -0.486 e. The van der Waals surface area contributed by atoms with Crippen molar-refractivity contribution in [3.05, 3.63) is 52.0 Å². The van der Waals surface area contributed by atoms with E-state index in [4.69, 9.17) is 37.4 Å². The molecule has 1 unspecified atom stereocenters. The van der Waals surface area contributed by atoms with E-state index in [-0.39, 0.29) is 18.6 Å². The number of hydrogen-bond acceptors (Lipinski definition) is 4. The first-order valence-electron chi connectivity index (χ1n) is 8.89. The van der Waals surface area contributed by atoms with Gasteiger partial charge in [0.2, 0.25) is 0 Å². The second-order valence-electron chi connectivity index (χ2n) is 6.51. The van der Waals surface area contributed by atoms with E-state index in [9.17, 15) is 4.79 Å². The Morgan fingerprint density at radius 2 is 1.93 bits per heavy atom. The number of ether oxygens (including phenoxy) is 3. The third-order valence-corrected chi connectivity index (χ3v) is 5.32. The molecule has 0 radical (unpaired) electrons. The Balaban J connectivity index is 1.46. The fourth-order valence-corrected chi connectivity index (χ4v) is 3.82. The van der Waals surface area contributed by atoms with Gasteiger partial charge in [-0.1, -0.05) is 29.3 Å². The second kappa shape index (κ2) is 7.87. The highest BCUT2D eigenvalue weighted by atomic mass is 35.5. The van der Waals surface area contributed by atoms with Gasteiger partial charge >= 0.3 is 0 Å². The van der Waals surface area contributed by atoms with Crippen molar-refractivity contribution in [1.82, 2.24) is 4.90 Å². The van der Waals surface area contributed by atoms with E-state index >= 15 is 0 Å². The minimum atomic E-state index is -0.0822. The van der Waals surface area contributed by atoms with Crippen molar-refractivity contribution in [2.75, 3.05) is 26.4 Å². The van der Waals surface area contributed by atoms with Crippen LogP contribution in [0.1, 0.15) is 24.4 Å². The number of amides is 1. The summed E-state index contributed by atoms with van der Waals surface area (Å²) in [6, 6.07) is 10.8. The average molecular weight is 408 g/mol. The summed E-state index contributed by atoms with van der Waals surface area (Å²) in [6.45, 7) is 1.72. The zero-order valence-corrected chi connectivity index (χ0v) is 16.1. The molecule has 2 aliphatic heterocycles.